The molecule has 2 rings (SSSR count). The zero-order valence-electron chi connectivity index (χ0n) is 9.07. The number of aryl methyl sites for hydroxylation is 2. The number of aromatic nitrogens is 2. The molecule has 0 aliphatic heterocycles. The van der Waals surface area contributed by atoms with Crippen molar-refractivity contribution >= 4 is 11.6 Å². The molecule has 16 heavy (non-hydrogen) atoms. The third-order valence-corrected chi connectivity index (χ3v) is 2.41. The van der Waals surface area contributed by atoms with Crippen molar-refractivity contribution < 1.29 is 4.74 Å². The molecular weight excluding hydrogens is 224 g/mol. The maximum Gasteiger partial charge on any atom is 0.148 e. The Morgan fingerprint density at radius 2 is 2.00 bits per heavy atom. The molecule has 0 saturated carbocycles. The molecule has 0 bridgehead atoms. The summed E-state index contributed by atoms with van der Waals surface area (Å²) in [7, 11) is 0. The highest BCUT2D eigenvalue weighted by Gasteiger charge is 2.05. The quantitative estimate of drug-likeness (QED) is 0.746. The Kier molecular flexibility index (Phi) is 3.06. The van der Waals surface area contributed by atoms with Crippen LogP contribution in [0.1, 0.15) is 11.3 Å². The first-order chi connectivity index (χ1) is 7.66. The van der Waals surface area contributed by atoms with E-state index in [1.807, 2.05) is 26.0 Å². The standard InChI is InChI=1S/C12H11ClN2O/c1-8-7-15-12(13)6-11(8)16-10-4-3-5-14-9(10)2/h3-7H,1-2H3. The molecule has 0 atom stereocenters. The zero-order chi connectivity index (χ0) is 11.5. The molecule has 0 unspecified atom stereocenters. The third kappa shape index (κ3) is 2.31. The monoisotopic (exact) mass is 234 g/mol. The van der Waals surface area contributed by atoms with Crippen LogP contribution in [0, 0.1) is 13.8 Å². The fourth-order valence-electron chi connectivity index (χ4n) is 1.29. The van der Waals surface area contributed by atoms with E-state index in [4.69, 9.17) is 16.3 Å². The summed E-state index contributed by atoms with van der Waals surface area (Å²) in [5.41, 5.74) is 1.78. The second-order valence-electron chi connectivity index (χ2n) is 3.46. The first-order valence-corrected chi connectivity index (χ1v) is 5.26. The van der Waals surface area contributed by atoms with Gasteiger partial charge in [0, 0.05) is 24.0 Å². The van der Waals surface area contributed by atoms with Gasteiger partial charge in [0.2, 0.25) is 0 Å². The van der Waals surface area contributed by atoms with Gasteiger partial charge in [0.05, 0.1) is 5.69 Å². The molecule has 0 fully saturated rings. The van der Waals surface area contributed by atoms with Gasteiger partial charge < -0.3 is 4.74 Å². The fraction of sp³-hybridized carbons (Fsp3) is 0.167. The second-order valence-corrected chi connectivity index (χ2v) is 3.85. The van der Waals surface area contributed by atoms with E-state index >= 15 is 0 Å². The largest absolute Gasteiger partial charge is 0.455 e. The molecule has 0 aromatic carbocycles. The van der Waals surface area contributed by atoms with Gasteiger partial charge in [0.1, 0.15) is 16.7 Å². The Balaban J connectivity index is 2.34. The smallest absolute Gasteiger partial charge is 0.148 e. The van der Waals surface area contributed by atoms with Crippen LogP contribution in [0.5, 0.6) is 11.5 Å². The molecule has 0 aliphatic carbocycles. The molecule has 0 aliphatic rings. The molecule has 0 N–H and O–H groups in total. The van der Waals surface area contributed by atoms with Gasteiger partial charge in [-0.05, 0) is 26.0 Å². The van der Waals surface area contributed by atoms with Crippen LogP contribution in [0.2, 0.25) is 5.15 Å². The summed E-state index contributed by atoms with van der Waals surface area (Å²) in [6.45, 7) is 3.82. The maximum absolute atomic E-state index is 5.82. The number of pyridine rings is 2. The van der Waals surface area contributed by atoms with Gasteiger partial charge in [-0.3, -0.25) is 4.98 Å². The Labute approximate surface area is 99.1 Å². The Morgan fingerprint density at radius 3 is 2.75 bits per heavy atom. The van der Waals surface area contributed by atoms with E-state index in [-0.39, 0.29) is 0 Å². The Hall–Kier alpha value is -1.61. The van der Waals surface area contributed by atoms with Crippen molar-refractivity contribution in [3.63, 3.8) is 0 Å². The van der Waals surface area contributed by atoms with Crippen LogP contribution in [0.15, 0.2) is 30.6 Å². The van der Waals surface area contributed by atoms with Crippen LogP contribution in [-0.4, -0.2) is 9.97 Å². The zero-order valence-corrected chi connectivity index (χ0v) is 9.82. The summed E-state index contributed by atoms with van der Waals surface area (Å²) in [6, 6.07) is 5.40. The van der Waals surface area contributed by atoms with Crippen LogP contribution in [-0.2, 0) is 0 Å². The van der Waals surface area contributed by atoms with Crippen LogP contribution in [0.4, 0.5) is 0 Å². The van der Waals surface area contributed by atoms with E-state index in [0.29, 0.717) is 10.9 Å². The van der Waals surface area contributed by atoms with E-state index in [1.165, 1.54) is 0 Å². The average molecular weight is 235 g/mol. The Bertz CT molecular complexity index is 514. The molecule has 82 valence electrons. The molecule has 2 aromatic rings. The predicted octanol–water partition coefficient (Wildman–Crippen LogP) is 3.54. The van der Waals surface area contributed by atoms with Crippen molar-refractivity contribution in [1.29, 1.82) is 0 Å². The van der Waals surface area contributed by atoms with E-state index in [9.17, 15) is 0 Å². The lowest BCUT2D eigenvalue weighted by Gasteiger charge is -2.09. The molecule has 4 heteroatoms. The van der Waals surface area contributed by atoms with Crippen molar-refractivity contribution in [1.82, 2.24) is 9.97 Å². The van der Waals surface area contributed by atoms with Gasteiger partial charge in [-0.2, -0.15) is 0 Å². The van der Waals surface area contributed by atoms with Crippen LogP contribution < -0.4 is 4.74 Å². The van der Waals surface area contributed by atoms with Crippen LogP contribution in [0.25, 0.3) is 0 Å². The minimum absolute atomic E-state index is 0.419. The maximum atomic E-state index is 5.82. The Morgan fingerprint density at radius 1 is 1.19 bits per heavy atom. The predicted molar refractivity (Wildman–Crippen MR) is 63.0 cm³/mol. The summed E-state index contributed by atoms with van der Waals surface area (Å²) in [5, 5.41) is 0.419. The minimum atomic E-state index is 0.419. The summed E-state index contributed by atoms with van der Waals surface area (Å²) < 4.78 is 5.73. The number of nitrogens with zero attached hydrogens (tertiary/aromatic N) is 2. The molecular formula is C12H11ClN2O. The van der Waals surface area contributed by atoms with E-state index in [0.717, 1.165) is 17.0 Å². The van der Waals surface area contributed by atoms with Gasteiger partial charge in [-0.1, -0.05) is 11.6 Å². The molecule has 2 aromatic heterocycles. The summed E-state index contributed by atoms with van der Waals surface area (Å²) >= 11 is 5.82. The van der Waals surface area contributed by atoms with Gasteiger partial charge in [0.25, 0.3) is 0 Å². The highest BCUT2D eigenvalue weighted by molar-refractivity contribution is 6.29. The molecule has 3 nitrogen and oxygen atoms in total. The third-order valence-electron chi connectivity index (χ3n) is 2.20. The van der Waals surface area contributed by atoms with E-state index in [1.54, 1.807) is 18.5 Å². The number of hydrogen-bond acceptors (Lipinski definition) is 3. The molecule has 0 radical (unpaired) electrons. The normalized spacial score (nSPS) is 10.2. The van der Waals surface area contributed by atoms with Gasteiger partial charge in [0.15, 0.2) is 0 Å². The molecule has 0 spiro atoms. The topological polar surface area (TPSA) is 35.0 Å². The lowest BCUT2D eigenvalue weighted by atomic mass is 10.3. The number of halogens is 1. The average Bonchev–Trinajstić information content (AvgIpc) is 2.27. The van der Waals surface area contributed by atoms with Crippen molar-refractivity contribution in [3.8, 4) is 11.5 Å². The SMILES string of the molecule is Cc1cnc(Cl)cc1Oc1cccnc1C. The van der Waals surface area contributed by atoms with Crippen LogP contribution >= 0.6 is 11.6 Å². The fourth-order valence-corrected chi connectivity index (χ4v) is 1.44. The minimum Gasteiger partial charge on any atom is -0.455 e. The first-order valence-electron chi connectivity index (χ1n) is 4.88. The van der Waals surface area contributed by atoms with E-state index < -0.39 is 0 Å². The van der Waals surface area contributed by atoms with Gasteiger partial charge in [-0.25, -0.2) is 4.98 Å². The van der Waals surface area contributed by atoms with Gasteiger partial charge in [-0.15, -0.1) is 0 Å². The molecule has 0 saturated heterocycles. The number of ether oxygens (including phenoxy) is 1. The highest BCUT2D eigenvalue weighted by atomic mass is 35.5. The lowest BCUT2D eigenvalue weighted by molar-refractivity contribution is 0.471. The van der Waals surface area contributed by atoms with Crippen molar-refractivity contribution in [3.05, 3.63) is 47.0 Å². The molecule has 2 heterocycles. The molecule has 0 amide bonds. The number of hydrogen-bond donors (Lipinski definition) is 0. The lowest BCUT2D eigenvalue weighted by Crippen LogP contribution is -1.92. The number of rotatable bonds is 2. The van der Waals surface area contributed by atoms with Crippen molar-refractivity contribution in [2.45, 2.75) is 13.8 Å². The van der Waals surface area contributed by atoms with E-state index in [2.05, 4.69) is 9.97 Å². The first kappa shape index (κ1) is 10.9. The highest BCUT2D eigenvalue weighted by Crippen LogP contribution is 2.27. The van der Waals surface area contributed by atoms with Gasteiger partial charge >= 0.3 is 0 Å². The second kappa shape index (κ2) is 4.49. The summed E-state index contributed by atoms with van der Waals surface area (Å²) in [6.07, 6.45) is 3.41. The van der Waals surface area contributed by atoms with Crippen molar-refractivity contribution in [2.75, 3.05) is 0 Å². The summed E-state index contributed by atoms with van der Waals surface area (Å²) in [4.78, 5) is 8.13. The van der Waals surface area contributed by atoms with Crippen LogP contribution in [0.3, 0.4) is 0 Å². The van der Waals surface area contributed by atoms with Crippen molar-refractivity contribution in [2.24, 2.45) is 0 Å². The summed E-state index contributed by atoms with van der Waals surface area (Å²) in [5.74, 6) is 1.43.